The van der Waals surface area contributed by atoms with Gasteiger partial charge in [-0.05, 0) is 49.2 Å². The maximum atomic E-state index is 12.6. The number of nitrogens with one attached hydrogen (secondary N) is 1. The molecule has 158 valence electrons. The van der Waals surface area contributed by atoms with E-state index in [9.17, 15) is 4.79 Å². The van der Waals surface area contributed by atoms with E-state index in [1.54, 1.807) is 26.4 Å². The Labute approximate surface area is 176 Å². The van der Waals surface area contributed by atoms with Crippen molar-refractivity contribution in [1.82, 2.24) is 14.9 Å². The highest BCUT2D eigenvalue weighted by atomic mass is 16.5. The van der Waals surface area contributed by atoms with Gasteiger partial charge < -0.3 is 24.3 Å². The number of benzene rings is 2. The molecule has 1 aliphatic heterocycles. The van der Waals surface area contributed by atoms with E-state index in [1.807, 2.05) is 30.3 Å². The summed E-state index contributed by atoms with van der Waals surface area (Å²) in [5.41, 5.74) is 2.78. The van der Waals surface area contributed by atoms with Gasteiger partial charge in [0.1, 0.15) is 5.75 Å². The number of anilines is 1. The van der Waals surface area contributed by atoms with E-state index < -0.39 is 0 Å². The van der Waals surface area contributed by atoms with Gasteiger partial charge in [-0.25, -0.2) is 4.98 Å². The molecule has 30 heavy (non-hydrogen) atoms. The van der Waals surface area contributed by atoms with Gasteiger partial charge in [-0.3, -0.25) is 4.79 Å². The van der Waals surface area contributed by atoms with Crippen LogP contribution in [0.15, 0.2) is 48.5 Å². The minimum Gasteiger partial charge on any atom is -0.497 e. The fourth-order valence-corrected chi connectivity index (χ4v) is 3.94. The largest absolute Gasteiger partial charge is 0.497 e. The summed E-state index contributed by atoms with van der Waals surface area (Å²) < 4.78 is 12.7. The third-order valence-corrected chi connectivity index (χ3v) is 5.62. The third kappa shape index (κ3) is 4.26. The summed E-state index contributed by atoms with van der Waals surface area (Å²) in [6.45, 7) is 3.11. The average Bonchev–Trinajstić information content (AvgIpc) is 3.16. The van der Waals surface area contributed by atoms with Gasteiger partial charge in [-0.2, -0.15) is 0 Å². The van der Waals surface area contributed by atoms with Crippen LogP contribution in [0.4, 0.5) is 5.95 Å². The quantitative estimate of drug-likeness (QED) is 0.651. The lowest BCUT2D eigenvalue weighted by Crippen LogP contribution is -2.45. The van der Waals surface area contributed by atoms with Crippen molar-refractivity contribution in [2.24, 2.45) is 0 Å². The summed E-state index contributed by atoms with van der Waals surface area (Å²) in [6, 6.07) is 15.6. The van der Waals surface area contributed by atoms with Crippen LogP contribution in [0.25, 0.3) is 11.0 Å². The summed E-state index contributed by atoms with van der Waals surface area (Å²) in [4.78, 5) is 19.7. The van der Waals surface area contributed by atoms with Crippen LogP contribution in [0.2, 0.25) is 0 Å². The molecule has 7 heteroatoms. The molecule has 0 spiro atoms. The molecular formula is C23H28N4O3. The topological polar surface area (TPSA) is 68.6 Å². The maximum Gasteiger partial charge on any atom is 0.251 e. The molecule has 1 aliphatic rings. The van der Waals surface area contributed by atoms with Gasteiger partial charge in [0.25, 0.3) is 5.91 Å². The van der Waals surface area contributed by atoms with Crippen molar-refractivity contribution in [3.63, 3.8) is 0 Å². The zero-order valence-electron chi connectivity index (χ0n) is 17.5. The first-order chi connectivity index (χ1) is 14.7. The maximum absolute atomic E-state index is 12.6. The van der Waals surface area contributed by atoms with Crippen LogP contribution in [0.1, 0.15) is 23.2 Å². The zero-order chi connectivity index (χ0) is 20.9. The number of fused-ring (bicyclic) bond motifs is 1. The van der Waals surface area contributed by atoms with Crippen molar-refractivity contribution in [2.45, 2.75) is 25.4 Å². The number of hydrogen-bond acceptors (Lipinski definition) is 5. The number of aromatic nitrogens is 2. The summed E-state index contributed by atoms with van der Waals surface area (Å²) in [7, 11) is 3.34. The first-order valence-electron chi connectivity index (χ1n) is 10.3. The van der Waals surface area contributed by atoms with E-state index in [0.717, 1.165) is 55.2 Å². The van der Waals surface area contributed by atoms with Crippen molar-refractivity contribution >= 4 is 22.9 Å². The molecule has 0 atom stereocenters. The number of hydrogen-bond donors (Lipinski definition) is 1. The molecule has 4 rings (SSSR count). The fourth-order valence-electron chi connectivity index (χ4n) is 3.94. The summed E-state index contributed by atoms with van der Waals surface area (Å²) in [5.74, 6) is 1.69. The van der Waals surface area contributed by atoms with E-state index in [-0.39, 0.29) is 11.9 Å². The van der Waals surface area contributed by atoms with Crippen LogP contribution in [0.5, 0.6) is 5.75 Å². The molecule has 0 bridgehead atoms. The molecule has 1 saturated heterocycles. The lowest BCUT2D eigenvalue weighted by Gasteiger charge is -2.33. The van der Waals surface area contributed by atoms with Gasteiger partial charge in [-0.1, -0.05) is 12.1 Å². The predicted molar refractivity (Wildman–Crippen MR) is 117 cm³/mol. The van der Waals surface area contributed by atoms with E-state index in [0.29, 0.717) is 12.2 Å². The number of imidazole rings is 1. The zero-order valence-corrected chi connectivity index (χ0v) is 17.5. The standard InChI is InChI=1S/C23H28N4O3/c1-29-16-15-27-21-6-4-3-5-20(21)25-23(27)26-13-11-18(12-14-26)24-22(28)17-7-9-19(30-2)10-8-17/h3-10,18H,11-16H2,1-2H3,(H,24,28). The Balaban J connectivity index is 1.41. The normalized spacial score (nSPS) is 14.8. The highest BCUT2D eigenvalue weighted by Gasteiger charge is 2.25. The third-order valence-electron chi connectivity index (χ3n) is 5.62. The van der Waals surface area contributed by atoms with E-state index >= 15 is 0 Å². The first kappa shape index (κ1) is 20.2. The second kappa shape index (κ2) is 9.17. The lowest BCUT2D eigenvalue weighted by atomic mass is 10.0. The van der Waals surface area contributed by atoms with E-state index in [2.05, 4.69) is 20.9 Å². The Kier molecular flexibility index (Phi) is 6.18. The number of ether oxygens (including phenoxy) is 2. The molecule has 7 nitrogen and oxygen atoms in total. The molecule has 1 N–H and O–H groups in total. The number of carbonyl (C=O) groups excluding carboxylic acids is 1. The van der Waals surface area contributed by atoms with Crippen LogP contribution < -0.4 is 15.0 Å². The van der Waals surface area contributed by atoms with Gasteiger partial charge >= 0.3 is 0 Å². The molecule has 0 radical (unpaired) electrons. The van der Waals surface area contributed by atoms with E-state index in [1.165, 1.54) is 0 Å². The molecule has 1 amide bonds. The molecule has 0 saturated carbocycles. The Morgan fingerprint density at radius 2 is 1.83 bits per heavy atom. The fraction of sp³-hybridized carbons (Fsp3) is 0.391. The van der Waals surface area contributed by atoms with Gasteiger partial charge in [-0.15, -0.1) is 0 Å². The SMILES string of the molecule is COCCn1c(N2CCC(NC(=O)c3ccc(OC)cc3)CC2)nc2ccccc21. The smallest absolute Gasteiger partial charge is 0.251 e. The highest BCUT2D eigenvalue weighted by Crippen LogP contribution is 2.25. The molecular weight excluding hydrogens is 380 g/mol. The Morgan fingerprint density at radius 1 is 1.10 bits per heavy atom. The van der Waals surface area contributed by atoms with Gasteiger partial charge in [0.05, 0.1) is 24.8 Å². The van der Waals surface area contributed by atoms with Gasteiger partial charge in [0.15, 0.2) is 0 Å². The monoisotopic (exact) mass is 408 g/mol. The van der Waals surface area contributed by atoms with Crippen LogP contribution >= 0.6 is 0 Å². The number of carbonyl (C=O) groups is 1. The van der Waals surface area contributed by atoms with Crippen molar-refractivity contribution in [2.75, 3.05) is 38.8 Å². The number of rotatable bonds is 7. The molecule has 0 aliphatic carbocycles. The Morgan fingerprint density at radius 3 is 2.53 bits per heavy atom. The number of nitrogens with zero attached hydrogens (tertiary/aromatic N) is 3. The predicted octanol–water partition coefficient (Wildman–Crippen LogP) is 3.09. The molecule has 1 aromatic heterocycles. The van der Waals surface area contributed by atoms with Gasteiger partial charge in [0, 0.05) is 38.3 Å². The summed E-state index contributed by atoms with van der Waals surface area (Å²) in [5, 5.41) is 3.17. The molecule has 0 unspecified atom stereocenters. The second-order valence-corrected chi connectivity index (χ2v) is 7.51. The Hall–Kier alpha value is -3.06. The van der Waals surface area contributed by atoms with Crippen LogP contribution in [-0.2, 0) is 11.3 Å². The van der Waals surface area contributed by atoms with Gasteiger partial charge in [0.2, 0.25) is 5.95 Å². The molecule has 2 aromatic carbocycles. The second-order valence-electron chi connectivity index (χ2n) is 7.51. The number of amides is 1. The highest BCUT2D eigenvalue weighted by molar-refractivity contribution is 5.94. The minimum absolute atomic E-state index is 0.0385. The van der Waals surface area contributed by atoms with Crippen LogP contribution in [-0.4, -0.2) is 55.4 Å². The summed E-state index contributed by atoms with van der Waals surface area (Å²) >= 11 is 0. The molecule has 2 heterocycles. The molecule has 1 fully saturated rings. The Bertz CT molecular complexity index is 991. The van der Waals surface area contributed by atoms with Crippen molar-refractivity contribution in [1.29, 1.82) is 0 Å². The van der Waals surface area contributed by atoms with Crippen molar-refractivity contribution in [3.05, 3.63) is 54.1 Å². The number of piperidine rings is 1. The van der Waals surface area contributed by atoms with Crippen molar-refractivity contribution < 1.29 is 14.3 Å². The number of methoxy groups -OCH3 is 2. The van der Waals surface area contributed by atoms with Crippen LogP contribution in [0.3, 0.4) is 0 Å². The minimum atomic E-state index is -0.0385. The molecule has 3 aromatic rings. The van der Waals surface area contributed by atoms with E-state index in [4.69, 9.17) is 14.5 Å². The average molecular weight is 409 g/mol. The van der Waals surface area contributed by atoms with Crippen LogP contribution in [0, 0.1) is 0 Å². The summed E-state index contributed by atoms with van der Waals surface area (Å²) in [6.07, 6.45) is 1.77. The lowest BCUT2D eigenvalue weighted by molar-refractivity contribution is 0.0931. The van der Waals surface area contributed by atoms with Crippen molar-refractivity contribution in [3.8, 4) is 5.75 Å². The number of para-hydroxylation sites is 2. The first-order valence-corrected chi connectivity index (χ1v) is 10.3.